The van der Waals surface area contributed by atoms with Gasteiger partial charge < -0.3 is 24.2 Å². The fourth-order valence-corrected chi connectivity index (χ4v) is 9.42. The summed E-state index contributed by atoms with van der Waals surface area (Å²) in [5.74, 6) is -8.30. The number of benzene rings is 3. The molecular weight excluding hydrogens is 774 g/mol. The number of aliphatic carboxylic acids is 1. The van der Waals surface area contributed by atoms with E-state index in [1.807, 2.05) is 43.3 Å². The highest BCUT2D eigenvalue weighted by Gasteiger charge is 2.63. The molecular formula is C45H56F5N3O6. The van der Waals surface area contributed by atoms with Crippen LogP contribution in [0.5, 0.6) is 11.5 Å². The van der Waals surface area contributed by atoms with Crippen LogP contribution in [-0.4, -0.2) is 122 Å². The number of alkyl halides is 5. The second-order valence-corrected chi connectivity index (χ2v) is 16.6. The first-order chi connectivity index (χ1) is 27.9. The van der Waals surface area contributed by atoms with Gasteiger partial charge in [0.2, 0.25) is 5.91 Å². The Kier molecular flexibility index (Phi) is 13.0. The van der Waals surface area contributed by atoms with Gasteiger partial charge in [-0.1, -0.05) is 56.3 Å². The van der Waals surface area contributed by atoms with Crippen LogP contribution >= 0.6 is 0 Å². The second kappa shape index (κ2) is 17.4. The first-order valence-corrected chi connectivity index (χ1v) is 20.3. The number of piperidine rings is 2. The quantitative estimate of drug-likeness (QED) is 0.121. The maximum absolute atomic E-state index is 16.3. The van der Waals surface area contributed by atoms with E-state index in [1.165, 1.54) is 11.9 Å². The van der Waals surface area contributed by atoms with Gasteiger partial charge in [0.05, 0.1) is 32.4 Å². The molecule has 0 saturated carbocycles. The number of rotatable bonds is 15. The van der Waals surface area contributed by atoms with E-state index in [0.717, 1.165) is 34.8 Å². The van der Waals surface area contributed by atoms with E-state index in [9.17, 15) is 23.5 Å². The smallest absolute Gasteiger partial charge is 0.326 e. The van der Waals surface area contributed by atoms with Crippen LogP contribution in [0.4, 0.5) is 22.0 Å². The van der Waals surface area contributed by atoms with Gasteiger partial charge in [-0.3, -0.25) is 14.6 Å². The molecule has 322 valence electrons. The number of carboxylic acid groups (broad SMARTS) is 1. The van der Waals surface area contributed by atoms with E-state index in [1.54, 1.807) is 26.4 Å². The van der Waals surface area contributed by atoms with Crippen molar-refractivity contribution >= 4 is 22.6 Å². The van der Waals surface area contributed by atoms with Crippen molar-refractivity contribution in [2.75, 3.05) is 60.7 Å². The third-order valence-electron chi connectivity index (χ3n) is 12.9. The number of halogens is 5. The van der Waals surface area contributed by atoms with Gasteiger partial charge in [-0.25, -0.2) is 26.7 Å². The van der Waals surface area contributed by atoms with Crippen LogP contribution < -0.4 is 9.47 Å². The molecule has 3 aliphatic heterocycles. The number of carboxylic acids is 1. The Morgan fingerprint density at radius 2 is 1.59 bits per heavy atom. The molecule has 2 atom stereocenters. The van der Waals surface area contributed by atoms with E-state index in [0.29, 0.717) is 66.9 Å². The van der Waals surface area contributed by atoms with Gasteiger partial charge in [0.1, 0.15) is 35.2 Å². The fourth-order valence-electron chi connectivity index (χ4n) is 9.42. The highest BCUT2D eigenvalue weighted by molar-refractivity contribution is 6.01. The Hall–Kier alpha value is -4.27. The van der Waals surface area contributed by atoms with Crippen molar-refractivity contribution in [2.24, 2.45) is 5.41 Å². The molecule has 59 heavy (non-hydrogen) atoms. The Morgan fingerprint density at radius 1 is 0.983 bits per heavy atom. The van der Waals surface area contributed by atoms with Gasteiger partial charge >= 0.3 is 5.97 Å². The maximum atomic E-state index is 16.3. The minimum atomic E-state index is -3.76. The summed E-state index contributed by atoms with van der Waals surface area (Å²) in [6, 6.07) is 12.0. The fraction of sp³-hybridized carbons (Fsp3) is 0.556. The zero-order chi connectivity index (χ0) is 42.9. The molecule has 3 aliphatic rings. The molecule has 3 heterocycles. The Balaban J connectivity index is 1.29. The minimum absolute atomic E-state index is 0.216. The van der Waals surface area contributed by atoms with E-state index < -0.39 is 71.9 Å². The van der Waals surface area contributed by atoms with Gasteiger partial charge in [-0.2, -0.15) is 0 Å². The van der Waals surface area contributed by atoms with Crippen molar-refractivity contribution in [3.05, 3.63) is 71.8 Å². The third kappa shape index (κ3) is 8.54. The summed E-state index contributed by atoms with van der Waals surface area (Å²) in [6.07, 6.45) is 1.16. The number of hydrogen-bond donors (Lipinski definition) is 1. The van der Waals surface area contributed by atoms with Crippen LogP contribution in [-0.2, 0) is 27.3 Å². The van der Waals surface area contributed by atoms with Crippen molar-refractivity contribution < 1.29 is 50.9 Å². The molecule has 0 radical (unpaired) electrons. The predicted octanol–water partition coefficient (Wildman–Crippen LogP) is 8.41. The number of likely N-dealkylation sites (N-methyl/N-ethyl adjacent to an activating group) is 1. The lowest BCUT2D eigenvalue weighted by Crippen LogP contribution is -2.62. The molecule has 3 fully saturated rings. The minimum Gasteiger partial charge on any atom is -0.496 e. The molecule has 1 unspecified atom stereocenters. The zero-order valence-corrected chi connectivity index (χ0v) is 34.6. The first-order valence-electron chi connectivity index (χ1n) is 20.3. The topological polar surface area (TPSA) is 91.8 Å². The van der Waals surface area contributed by atoms with Gasteiger partial charge in [0.15, 0.2) is 0 Å². The first kappa shape index (κ1) is 44.3. The molecule has 0 bridgehead atoms. The van der Waals surface area contributed by atoms with Gasteiger partial charge in [-0.15, -0.1) is 0 Å². The number of amides is 1. The highest BCUT2D eigenvalue weighted by Crippen LogP contribution is 2.51. The lowest BCUT2D eigenvalue weighted by Gasteiger charge is -2.48. The summed E-state index contributed by atoms with van der Waals surface area (Å²) in [5, 5.41) is 12.0. The van der Waals surface area contributed by atoms with Gasteiger partial charge in [0.25, 0.3) is 11.8 Å². The standard InChI is InChI=1S/C45H56F5N3O6/c1-7-14-42(46)15-19-52(20-16-42)26-30-23-36(57-5)39(37(24-30)58-6)34-13-9-11-32-31(10-8-12-33(32)34)25-35(40(54)55)51(4)41(56)43(45(49,50)29(2)3)17-21-53(22-18-43)38-27-59-28-44(38,47)48/h8-13,23-24,35,38H,2,7,14-22,25-28H2,1,3-6H3,(H,54,55)/t35-,38?/m0/s1. The number of ether oxygens (including phenoxy) is 3. The number of carbonyl (C=O) groups is 2. The Morgan fingerprint density at radius 3 is 2.14 bits per heavy atom. The SMILES string of the molecule is C=C(C)C(F)(F)C1(C(=O)N(C)[C@@H](Cc2cccc3c(-c4c(OC)cc(CN5CCC(F)(CCC)CC5)cc4OC)cccc23)C(=O)O)CCN(C2COCC2(F)F)CC1. The third-order valence-corrected chi connectivity index (χ3v) is 12.9. The van der Waals surface area contributed by atoms with Crippen molar-refractivity contribution in [2.45, 2.75) is 94.9 Å². The second-order valence-electron chi connectivity index (χ2n) is 16.6. The van der Waals surface area contributed by atoms with Crippen LogP contribution in [0.3, 0.4) is 0 Å². The molecule has 3 saturated heterocycles. The van der Waals surface area contributed by atoms with Gasteiger partial charge in [0, 0.05) is 46.2 Å². The molecule has 0 spiro atoms. The summed E-state index contributed by atoms with van der Waals surface area (Å²) >= 11 is 0. The van der Waals surface area contributed by atoms with Crippen molar-refractivity contribution in [1.29, 1.82) is 0 Å². The number of likely N-dealkylation sites (tertiary alicyclic amines) is 2. The largest absolute Gasteiger partial charge is 0.496 e. The monoisotopic (exact) mass is 829 g/mol. The van der Waals surface area contributed by atoms with E-state index in [-0.39, 0.29) is 26.1 Å². The highest BCUT2D eigenvalue weighted by atomic mass is 19.3. The number of methoxy groups -OCH3 is 2. The summed E-state index contributed by atoms with van der Waals surface area (Å²) < 4.78 is 93.7. The van der Waals surface area contributed by atoms with Gasteiger partial charge in [-0.05, 0) is 84.2 Å². The summed E-state index contributed by atoms with van der Waals surface area (Å²) in [7, 11) is 4.34. The van der Waals surface area contributed by atoms with Crippen LogP contribution in [0.15, 0.2) is 60.7 Å². The van der Waals surface area contributed by atoms with Crippen LogP contribution in [0.2, 0.25) is 0 Å². The Bertz CT molecular complexity index is 2000. The van der Waals surface area contributed by atoms with E-state index in [2.05, 4.69) is 11.5 Å². The summed E-state index contributed by atoms with van der Waals surface area (Å²) in [5.41, 5.74) is -1.19. The molecule has 3 aromatic rings. The maximum Gasteiger partial charge on any atom is 0.326 e. The number of fused-ring (bicyclic) bond motifs is 1. The summed E-state index contributed by atoms with van der Waals surface area (Å²) in [4.78, 5) is 31.9. The summed E-state index contributed by atoms with van der Waals surface area (Å²) in [6.45, 7) is 6.94. The molecule has 1 amide bonds. The van der Waals surface area contributed by atoms with E-state index >= 15 is 13.2 Å². The Labute approximate surface area is 343 Å². The number of allylic oxidation sites excluding steroid dienone is 1. The molecule has 6 rings (SSSR count). The molecule has 1 N–H and O–H groups in total. The molecule has 3 aromatic carbocycles. The van der Waals surface area contributed by atoms with Crippen LogP contribution in [0.25, 0.3) is 21.9 Å². The molecule has 14 heteroatoms. The molecule has 9 nitrogen and oxygen atoms in total. The number of carbonyl (C=O) groups excluding carboxylic acids is 1. The lowest BCUT2D eigenvalue weighted by atomic mass is 9.69. The normalized spacial score (nSPS) is 21.2. The van der Waals surface area contributed by atoms with Crippen LogP contribution in [0.1, 0.15) is 63.5 Å². The van der Waals surface area contributed by atoms with E-state index in [4.69, 9.17) is 14.2 Å². The average Bonchev–Trinajstić information content (AvgIpc) is 3.57. The van der Waals surface area contributed by atoms with Crippen molar-refractivity contribution in [3.8, 4) is 22.6 Å². The average molecular weight is 830 g/mol. The van der Waals surface area contributed by atoms with Crippen molar-refractivity contribution in [3.63, 3.8) is 0 Å². The van der Waals surface area contributed by atoms with Crippen molar-refractivity contribution in [1.82, 2.24) is 14.7 Å². The number of hydrogen-bond acceptors (Lipinski definition) is 7. The zero-order valence-electron chi connectivity index (χ0n) is 34.6. The van der Waals surface area contributed by atoms with Crippen LogP contribution in [0, 0.1) is 5.41 Å². The predicted molar refractivity (Wildman–Crippen MR) is 216 cm³/mol. The molecule has 0 aromatic heterocycles. The number of nitrogens with zero attached hydrogens (tertiary/aromatic N) is 3. The lowest BCUT2D eigenvalue weighted by molar-refractivity contribution is -0.179. The molecule has 0 aliphatic carbocycles.